The minimum absolute atomic E-state index is 0.00304. The third kappa shape index (κ3) is 5.34. The lowest BCUT2D eigenvalue weighted by Crippen LogP contribution is -2.36. The first-order chi connectivity index (χ1) is 15.6. The number of anilines is 1. The van der Waals surface area contributed by atoms with Crippen molar-refractivity contribution in [3.63, 3.8) is 0 Å². The van der Waals surface area contributed by atoms with Gasteiger partial charge in [0.2, 0.25) is 5.91 Å². The van der Waals surface area contributed by atoms with E-state index in [2.05, 4.69) is 40.5 Å². The molecule has 1 heterocycles. The zero-order chi connectivity index (χ0) is 22.3. The van der Waals surface area contributed by atoms with Gasteiger partial charge in [0.25, 0.3) is 0 Å². The van der Waals surface area contributed by atoms with Gasteiger partial charge in [-0.15, -0.1) is 11.3 Å². The van der Waals surface area contributed by atoms with Gasteiger partial charge < -0.3 is 5.32 Å². The van der Waals surface area contributed by atoms with Crippen molar-refractivity contribution in [2.75, 3.05) is 5.32 Å². The van der Waals surface area contributed by atoms with Gasteiger partial charge in [0, 0.05) is 23.7 Å². The molecule has 4 rings (SSSR count). The normalized spacial score (nSPS) is 12.0. The molecule has 0 fully saturated rings. The van der Waals surface area contributed by atoms with Gasteiger partial charge in [0.15, 0.2) is 0 Å². The summed E-state index contributed by atoms with van der Waals surface area (Å²) in [5.74, 6) is -0.00304. The second kappa shape index (κ2) is 10.4. The summed E-state index contributed by atoms with van der Waals surface area (Å²) in [5, 5.41) is 5.28. The number of amides is 1. The Morgan fingerprint density at radius 2 is 1.34 bits per heavy atom. The molecule has 1 N–H and O–H groups in total. The first kappa shape index (κ1) is 22.0. The van der Waals surface area contributed by atoms with Crippen LogP contribution < -0.4 is 5.32 Å². The van der Waals surface area contributed by atoms with Crippen LogP contribution in [0.5, 0.6) is 0 Å². The standard InChI is InChI=1S/C28H28N2OS/c1-21-11-9-12-22(2)26(21)29-28(31)27(25-17-10-18-32-25)30(19-23-13-5-3-6-14-23)20-24-15-7-4-8-16-24/h3-18,27H,19-20H2,1-2H3,(H,29,31). The first-order valence-corrected chi connectivity index (χ1v) is 11.7. The zero-order valence-corrected chi connectivity index (χ0v) is 19.3. The van der Waals surface area contributed by atoms with E-state index < -0.39 is 6.04 Å². The van der Waals surface area contributed by atoms with E-state index in [9.17, 15) is 4.79 Å². The number of hydrogen-bond donors (Lipinski definition) is 1. The third-order valence-electron chi connectivity index (χ3n) is 5.61. The van der Waals surface area contributed by atoms with Crippen LogP contribution in [0.3, 0.4) is 0 Å². The Morgan fingerprint density at radius 1 is 0.781 bits per heavy atom. The number of nitrogens with one attached hydrogen (secondary N) is 1. The molecular weight excluding hydrogens is 412 g/mol. The number of benzene rings is 3. The lowest BCUT2D eigenvalue weighted by Gasteiger charge is -2.31. The molecule has 1 aromatic heterocycles. The van der Waals surface area contributed by atoms with Crippen LogP contribution in [0.4, 0.5) is 5.69 Å². The van der Waals surface area contributed by atoms with E-state index in [4.69, 9.17) is 0 Å². The molecule has 1 unspecified atom stereocenters. The first-order valence-electron chi connectivity index (χ1n) is 10.8. The molecule has 0 aliphatic heterocycles. The molecule has 0 spiro atoms. The van der Waals surface area contributed by atoms with E-state index in [-0.39, 0.29) is 5.91 Å². The molecule has 1 atom stereocenters. The molecule has 0 bridgehead atoms. The van der Waals surface area contributed by atoms with Gasteiger partial charge in [-0.3, -0.25) is 9.69 Å². The maximum Gasteiger partial charge on any atom is 0.247 e. The maximum absolute atomic E-state index is 13.8. The molecule has 4 heteroatoms. The summed E-state index contributed by atoms with van der Waals surface area (Å²) in [4.78, 5) is 17.1. The monoisotopic (exact) mass is 440 g/mol. The van der Waals surface area contributed by atoms with Gasteiger partial charge in [-0.25, -0.2) is 0 Å². The van der Waals surface area contributed by atoms with E-state index in [1.807, 2.05) is 79.9 Å². The van der Waals surface area contributed by atoms with Gasteiger partial charge in [-0.1, -0.05) is 84.9 Å². The summed E-state index contributed by atoms with van der Waals surface area (Å²) in [5.41, 5.74) is 5.41. The minimum Gasteiger partial charge on any atom is -0.324 e. The molecule has 0 saturated heterocycles. The average Bonchev–Trinajstić information content (AvgIpc) is 3.32. The number of carbonyl (C=O) groups excluding carboxylic acids is 1. The Hall–Kier alpha value is -3.21. The number of nitrogens with zero attached hydrogens (tertiary/aromatic N) is 1. The molecule has 0 saturated carbocycles. The Bertz CT molecular complexity index is 1080. The number of thiophene rings is 1. The fraction of sp³-hybridized carbons (Fsp3) is 0.179. The summed E-state index contributed by atoms with van der Waals surface area (Å²) in [6, 6.07) is 30.5. The molecular formula is C28H28N2OS. The van der Waals surface area contributed by atoms with Crippen molar-refractivity contribution in [1.29, 1.82) is 0 Å². The highest BCUT2D eigenvalue weighted by Crippen LogP contribution is 2.31. The highest BCUT2D eigenvalue weighted by Gasteiger charge is 2.29. The molecule has 1 amide bonds. The van der Waals surface area contributed by atoms with Crippen LogP contribution >= 0.6 is 11.3 Å². The summed E-state index contributed by atoms with van der Waals surface area (Å²) < 4.78 is 0. The van der Waals surface area contributed by atoms with E-state index in [0.29, 0.717) is 13.1 Å². The lowest BCUT2D eigenvalue weighted by molar-refractivity contribution is -0.122. The number of rotatable bonds is 8. The molecule has 3 aromatic carbocycles. The summed E-state index contributed by atoms with van der Waals surface area (Å²) in [6.45, 7) is 5.43. The van der Waals surface area contributed by atoms with Gasteiger partial charge in [0.05, 0.1) is 0 Å². The predicted octanol–water partition coefficient (Wildman–Crippen LogP) is 6.75. The van der Waals surface area contributed by atoms with Gasteiger partial charge in [0.1, 0.15) is 6.04 Å². The molecule has 0 radical (unpaired) electrons. The van der Waals surface area contributed by atoms with Crippen LogP contribution in [0.1, 0.15) is 33.2 Å². The summed E-state index contributed by atoms with van der Waals surface area (Å²) in [6.07, 6.45) is 0. The Labute approximate surface area is 194 Å². The number of aryl methyl sites for hydroxylation is 2. The fourth-order valence-electron chi connectivity index (χ4n) is 4.00. The van der Waals surface area contributed by atoms with Crippen LogP contribution in [0.25, 0.3) is 0 Å². The van der Waals surface area contributed by atoms with Gasteiger partial charge >= 0.3 is 0 Å². The van der Waals surface area contributed by atoms with E-state index >= 15 is 0 Å². The van der Waals surface area contributed by atoms with Crippen LogP contribution in [0.2, 0.25) is 0 Å². The quantitative estimate of drug-likeness (QED) is 0.329. The smallest absolute Gasteiger partial charge is 0.247 e. The van der Waals surface area contributed by atoms with Crippen molar-refractivity contribution >= 4 is 22.9 Å². The Kier molecular flexibility index (Phi) is 7.15. The topological polar surface area (TPSA) is 32.3 Å². The van der Waals surface area contributed by atoms with E-state index in [1.165, 1.54) is 11.1 Å². The molecule has 4 aromatic rings. The van der Waals surface area contributed by atoms with Crippen molar-refractivity contribution in [1.82, 2.24) is 4.90 Å². The van der Waals surface area contributed by atoms with Crippen LogP contribution in [0.15, 0.2) is 96.4 Å². The molecule has 0 aliphatic carbocycles. The minimum atomic E-state index is -0.394. The molecule has 162 valence electrons. The lowest BCUT2D eigenvalue weighted by atomic mass is 10.1. The third-order valence-corrected chi connectivity index (χ3v) is 6.54. The molecule has 32 heavy (non-hydrogen) atoms. The van der Waals surface area contributed by atoms with Crippen LogP contribution in [0, 0.1) is 13.8 Å². The molecule has 0 aliphatic rings. The summed E-state index contributed by atoms with van der Waals surface area (Å²) >= 11 is 1.63. The van der Waals surface area contributed by atoms with Crippen LogP contribution in [-0.2, 0) is 17.9 Å². The Balaban J connectivity index is 1.70. The average molecular weight is 441 g/mol. The largest absolute Gasteiger partial charge is 0.324 e. The van der Waals surface area contributed by atoms with Crippen molar-refractivity contribution in [2.45, 2.75) is 33.0 Å². The van der Waals surface area contributed by atoms with E-state index in [1.54, 1.807) is 11.3 Å². The maximum atomic E-state index is 13.8. The van der Waals surface area contributed by atoms with E-state index in [0.717, 1.165) is 21.7 Å². The number of hydrogen-bond acceptors (Lipinski definition) is 3. The van der Waals surface area contributed by atoms with Gasteiger partial charge in [-0.2, -0.15) is 0 Å². The second-order valence-corrected chi connectivity index (χ2v) is 9.03. The van der Waals surface area contributed by atoms with Crippen molar-refractivity contribution < 1.29 is 4.79 Å². The van der Waals surface area contributed by atoms with Crippen molar-refractivity contribution in [2.24, 2.45) is 0 Å². The fourth-order valence-corrected chi connectivity index (χ4v) is 4.86. The Morgan fingerprint density at radius 3 is 1.84 bits per heavy atom. The van der Waals surface area contributed by atoms with Crippen molar-refractivity contribution in [3.8, 4) is 0 Å². The second-order valence-electron chi connectivity index (χ2n) is 8.05. The zero-order valence-electron chi connectivity index (χ0n) is 18.5. The van der Waals surface area contributed by atoms with Crippen LogP contribution in [-0.4, -0.2) is 10.8 Å². The number of para-hydroxylation sites is 1. The SMILES string of the molecule is Cc1cccc(C)c1NC(=O)C(c1cccs1)N(Cc1ccccc1)Cc1ccccc1. The summed E-state index contributed by atoms with van der Waals surface area (Å²) in [7, 11) is 0. The van der Waals surface area contributed by atoms with Crippen molar-refractivity contribution in [3.05, 3.63) is 124 Å². The predicted molar refractivity (Wildman–Crippen MR) is 134 cm³/mol. The highest BCUT2D eigenvalue weighted by atomic mass is 32.1. The van der Waals surface area contributed by atoms with Gasteiger partial charge in [-0.05, 0) is 47.5 Å². The highest BCUT2D eigenvalue weighted by molar-refractivity contribution is 7.10. The molecule has 3 nitrogen and oxygen atoms in total. The number of carbonyl (C=O) groups is 1.